The number of rotatable bonds is 7. The van der Waals surface area contributed by atoms with Crippen molar-refractivity contribution in [3.63, 3.8) is 0 Å². The fraction of sp³-hybridized carbons (Fsp3) is 0.750. The number of hydrogen-bond donors (Lipinski definition) is 0. The average Bonchev–Trinajstić information content (AvgIpc) is 2.93. The average molecular weight is 311 g/mol. The monoisotopic (exact) mass is 310 g/mol. The molecular weight excluding hydrogens is 284 g/mol. The molecule has 0 spiro atoms. The fourth-order valence-electron chi connectivity index (χ4n) is 2.84. The summed E-state index contributed by atoms with van der Waals surface area (Å²) in [5.74, 6) is 1.74. The molecule has 0 aliphatic rings. The molecule has 0 bridgehead atoms. The predicted molar refractivity (Wildman–Crippen MR) is 88.8 cm³/mol. The van der Waals surface area contributed by atoms with Crippen molar-refractivity contribution in [1.82, 2.24) is 19.3 Å². The SMILES string of the molecule is CCc1nn(C)c2c1nc(C(C)Cl)n2CCCCC(C)C. The van der Waals surface area contributed by atoms with E-state index in [9.17, 15) is 0 Å². The van der Waals surface area contributed by atoms with Gasteiger partial charge >= 0.3 is 0 Å². The molecule has 0 aliphatic carbocycles. The van der Waals surface area contributed by atoms with Gasteiger partial charge in [0.25, 0.3) is 0 Å². The van der Waals surface area contributed by atoms with Crippen LogP contribution in [0.25, 0.3) is 11.2 Å². The van der Waals surface area contributed by atoms with Gasteiger partial charge in [0.2, 0.25) is 0 Å². The summed E-state index contributed by atoms with van der Waals surface area (Å²) in [6.07, 6.45) is 4.58. The van der Waals surface area contributed by atoms with Gasteiger partial charge in [0.05, 0.1) is 11.1 Å². The molecule has 2 rings (SSSR count). The first-order valence-corrected chi connectivity index (χ1v) is 8.45. The molecule has 5 heteroatoms. The molecule has 0 aromatic carbocycles. The summed E-state index contributed by atoms with van der Waals surface area (Å²) in [7, 11) is 2.00. The van der Waals surface area contributed by atoms with E-state index in [2.05, 4.69) is 30.4 Å². The van der Waals surface area contributed by atoms with Gasteiger partial charge in [-0.25, -0.2) is 4.98 Å². The van der Waals surface area contributed by atoms with Gasteiger partial charge in [0.15, 0.2) is 5.65 Å². The zero-order valence-electron chi connectivity index (χ0n) is 13.9. The maximum Gasteiger partial charge on any atom is 0.158 e. The maximum absolute atomic E-state index is 6.33. The third-order valence-electron chi connectivity index (χ3n) is 3.92. The van der Waals surface area contributed by atoms with Crippen molar-refractivity contribution in [2.24, 2.45) is 13.0 Å². The Morgan fingerprint density at radius 3 is 2.48 bits per heavy atom. The lowest BCUT2D eigenvalue weighted by molar-refractivity contribution is 0.503. The lowest BCUT2D eigenvalue weighted by Crippen LogP contribution is -2.08. The van der Waals surface area contributed by atoms with E-state index in [1.165, 1.54) is 12.8 Å². The Labute approximate surface area is 132 Å². The van der Waals surface area contributed by atoms with Crippen molar-refractivity contribution in [2.75, 3.05) is 0 Å². The third kappa shape index (κ3) is 3.42. The molecule has 0 saturated heterocycles. The number of fused-ring (bicyclic) bond motifs is 1. The highest BCUT2D eigenvalue weighted by Gasteiger charge is 2.20. The Hall–Kier alpha value is -1.03. The molecule has 2 aromatic heterocycles. The van der Waals surface area contributed by atoms with Gasteiger partial charge in [0, 0.05) is 13.6 Å². The zero-order chi connectivity index (χ0) is 15.6. The third-order valence-corrected chi connectivity index (χ3v) is 4.12. The molecule has 118 valence electrons. The van der Waals surface area contributed by atoms with Gasteiger partial charge in [-0.05, 0) is 25.7 Å². The molecule has 2 heterocycles. The number of alkyl halides is 1. The van der Waals surface area contributed by atoms with Crippen LogP contribution >= 0.6 is 11.6 Å². The van der Waals surface area contributed by atoms with Gasteiger partial charge in [-0.1, -0.05) is 33.6 Å². The van der Waals surface area contributed by atoms with Crippen LogP contribution in [0.5, 0.6) is 0 Å². The van der Waals surface area contributed by atoms with Crippen LogP contribution in [0.2, 0.25) is 0 Å². The van der Waals surface area contributed by atoms with E-state index < -0.39 is 0 Å². The van der Waals surface area contributed by atoms with Crippen LogP contribution in [0.3, 0.4) is 0 Å². The number of imidazole rings is 1. The standard InChI is InChI=1S/C16H27ClN4/c1-6-13-14-16(20(5)19-13)21(15(18-14)12(4)17)10-8-7-9-11(2)3/h11-12H,6-10H2,1-5H3. The summed E-state index contributed by atoms with van der Waals surface area (Å²) in [4.78, 5) is 4.77. The highest BCUT2D eigenvalue weighted by Crippen LogP contribution is 2.27. The van der Waals surface area contributed by atoms with E-state index in [-0.39, 0.29) is 5.38 Å². The normalized spacial score (nSPS) is 13.5. The van der Waals surface area contributed by atoms with E-state index in [0.717, 1.165) is 48.0 Å². The molecule has 0 radical (unpaired) electrons. The summed E-state index contributed by atoms with van der Waals surface area (Å²) in [5, 5.41) is 4.50. The first-order valence-electron chi connectivity index (χ1n) is 8.01. The van der Waals surface area contributed by atoms with Crippen molar-refractivity contribution >= 4 is 22.8 Å². The second kappa shape index (κ2) is 6.82. The minimum atomic E-state index is -0.0767. The summed E-state index contributed by atoms with van der Waals surface area (Å²) >= 11 is 6.33. The Bertz CT molecular complexity index is 595. The molecular formula is C16H27ClN4. The Balaban J connectivity index is 2.30. The number of halogens is 1. The van der Waals surface area contributed by atoms with Crippen LogP contribution in [0.4, 0.5) is 0 Å². The van der Waals surface area contributed by atoms with Gasteiger partial charge in [-0.3, -0.25) is 4.68 Å². The molecule has 2 aromatic rings. The van der Waals surface area contributed by atoms with E-state index in [1.54, 1.807) is 0 Å². The number of aryl methyl sites for hydroxylation is 3. The highest BCUT2D eigenvalue weighted by atomic mass is 35.5. The van der Waals surface area contributed by atoms with Crippen LogP contribution in [-0.2, 0) is 20.0 Å². The molecule has 0 aliphatic heterocycles. The molecule has 21 heavy (non-hydrogen) atoms. The van der Waals surface area contributed by atoms with Gasteiger partial charge in [-0.2, -0.15) is 5.10 Å². The minimum Gasteiger partial charge on any atom is -0.312 e. The number of unbranched alkanes of at least 4 members (excludes halogenated alkanes) is 1. The first kappa shape index (κ1) is 16.3. The summed E-state index contributed by atoms with van der Waals surface area (Å²) in [6, 6.07) is 0. The number of aromatic nitrogens is 4. The summed E-state index contributed by atoms with van der Waals surface area (Å²) in [5.41, 5.74) is 3.19. The molecule has 0 fully saturated rings. The Morgan fingerprint density at radius 1 is 1.19 bits per heavy atom. The first-order chi connectivity index (χ1) is 9.95. The van der Waals surface area contributed by atoms with Gasteiger partial charge in [0.1, 0.15) is 11.3 Å². The van der Waals surface area contributed by atoms with Crippen LogP contribution in [0, 0.1) is 5.92 Å². The smallest absolute Gasteiger partial charge is 0.158 e. The Morgan fingerprint density at radius 2 is 1.90 bits per heavy atom. The zero-order valence-corrected chi connectivity index (χ0v) is 14.6. The van der Waals surface area contributed by atoms with E-state index in [0.29, 0.717) is 0 Å². The molecule has 0 N–H and O–H groups in total. The predicted octanol–water partition coefficient (Wildman–Crippen LogP) is 4.46. The fourth-order valence-corrected chi connectivity index (χ4v) is 3.01. The van der Waals surface area contributed by atoms with E-state index in [1.807, 2.05) is 18.7 Å². The summed E-state index contributed by atoms with van der Waals surface area (Å²) < 4.78 is 4.21. The quantitative estimate of drug-likeness (QED) is 0.559. The second-order valence-electron chi connectivity index (χ2n) is 6.22. The van der Waals surface area contributed by atoms with Crippen molar-refractivity contribution in [3.05, 3.63) is 11.5 Å². The largest absolute Gasteiger partial charge is 0.312 e. The highest BCUT2D eigenvalue weighted by molar-refractivity contribution is 6.20. The van der Waals surface area contributed by atoms with Crippen molar-refractivity contribution in [3.8, 4) is 0 Å². The van der Waals surface area contributed by atoms with Crippen LogP contribution in [0.15, 0.2) is 0 Å². The topological polar surface area (TPSA) is 35.6 Å². The number of hydrogen-bond acceptors (Lipinski definition) is 2. The van der Waals surface area contributed by atoms with Crippen LogP contribution < -0.4 is 0 Å². The van der Waals surface area contributed by atoms with Crippen molar-refractivity contribution in [2.45, 2.75) is 65.3 Å². The van der Waals surface area contributed by atoms with Crippen molar-refractivity contribution < 1.29 is 0 Å². The van der Waals surface area contributed by atoms with Crippen LogP contribution in [0.1, 0.15) is 63.9 Å². The van der Waals surface area contributed by atoms with Crippen LogP contribution in [-0.4, -0.2) is 19.3 Å². The second-order valence-corrected chi connectivity index (χ2v) is 6.88. The van der Waals surface area contributed by atoms with E-state index >= 15 is 0 Å². The molecule has 0 saturated carbocycles. The molecule has 4 nitrogen and oxygen atoms in total. The lowest BCUT2D eigenvalue weighted by Gasteiger charge is -2.11. The maximum atomic E-state index is 6.33. The van der Waals surface area contributed by atoms with Gasteiger partial charge < -0.3 is 4.57 Å². The lowest BCUT2D eigenvalue weighted by atomic mass is 10.1. The minimum absolute atomic E-state index is 0.0767. The molecule has 1 atom stereocenters. The van der Waals surface area contributed by atoms with Gasteiger partial charge in [-0.15, -0.1) is 11.6 Å². The summed E-state index contributed by atoms with van der Waals surface area (Å²) in [6.45, 7) is 9.63. The number of nitrogens with zero attached hydrogens (tertiary/aromatic N) is 4. The van der Waals surface area contributed by atoms with E-state index in [4.69, 9.17) is 16.6 Å². The Kier molecular flexibility index (Phi) is 5.31. The van der Waals surface area contributed by atoms with Crippen molar-refractivity contribution in [1.29, 1.82) is 0 Å². The molecule has 0 amide bonds. The molecule has 1 unspecified atom stereocenters.